The summed E-state index contributed by atoms with van der Waals surface area (Å²) in [5.74, 6) is 0.348. The first-order chi connectivity index (χ1) is 7.65. The second kappa shape index (κ2) is 4.85. The standard InChI is InChI=1S/C11H17NO2S2/c1-12-11(9-5-4-7-15-9)10-6-2-3-8-16(10,13)14/h4-5,7,10-12H,2-3,6,8H2,1H3. The van der Waals surface area contributed by atoms with Crippen molar-refractivity contribution in [3.8, 4) is 0 Å². The van der Waals surface area contributed by atoms with Gasteiger partial charge in [0.2, 0.25) is 0 Å². The SMILES string of the molecule is CNC(c1cccs1)C1CCCCS1(=O)=O. The van der Waals surface area contributed by atoms with E-state index in [-0.39, 0.29) is 11.3 Å². The van der Waals surface area contributed by atoms with Crippen LogP contribution in [0.25, 0.3) is 0 Å². The molecule has 1 saturated heterocycles. The summed E-state index contributed by atoms with van der Waals surface area (Å²) >= 11 is 1.62. The minimum absolute atomic E-state index is 0.0368. The Morgan fingerprint density at radius 2 is 2.31 bits per heavy atom. The zero-order valence-electron chi connectivity index (χ0n) is 9.35. The molecule has 1 aliphatic heterocycles. The Labute approximate surface area is 101 Å². The fourth-order valence-electron chi connectivity index (χ4n) is 2.33. The zero-order valence-corrected chi connectivity index (χ0v) is 11.0. The van der Waals surface area contributed by atoms with Gasteiger partial charge in [-0.2, -0.15) is 0 Å². The van der Waals surface area contributed by atoms with Gasteiger partial charge in [0.25, 0.3) is 0 Å². The van der Waals surface area contributed by atoms with Crippen molar-refractivity contribution < 1.29 is 8.42 Å². The van der Waals surface area contributed by atoms with Crippen LogP contribution in [-0.2, 0) is 9.84 Å². The van der Waals surface area contributed by atoms with E-state index in [1.54, 1.807) is 11.3 Å². The van der Waals surface area contributed by atoms with Crippen LogP contribution in [0.3, 0.4) is 0 Å². The molecule has 5 heteroatoms. The van der Waals surface area contributed by atoms with Gasteiger partial charge in [0, 0.05) is 4.88 Å². The number of sulfone groups is 1. The number of nitrogens with one attached hydrogen (secondary N) is 1. The molecule has 2 atom stereocenters. The van der Waals surface area contributed by atoms with Crippen LogP contribution < -0.4 is 5.32 Å². The van der Waals surface area contributed by atoms with Crippen molar-refractivity contribution in [2.24, 2.45) is 0 Å². The highest BCUT2D eigenvalue weighted by Crippen LogP contribution is 2.32. The van der Waals surface area contributed by atoms with Crippen LogP contribution >= 0.6 is 11.3 Å². The lowest BCUT2D eigenvalue weighted by Gasteiger charge is -2.29. The fourth-order valence-corrected chi connectivity index (χ4v) is 5.45. The van der Waals surface area contributed by atoms with E-state index in [4.69, 9.17) is 0 Å². The Balaban J connectivity index is 2.27. The van der Waals surface area contributed by atoms with Gasteiger partial charge in [0.15, 0.2) is 9.84 Å². The Kier molecular flexibility index (Phi) is 3.66. The predicted octanol–water partition coefficient (Wildman–Crippen LogP) is 1.98. The summed E-state index contributed by atoms with van der Waals surface area (Å²) in [6.07, 6.45) is 2.62. The van der Waals surface area contributed by atoms with Gasteiger partial charge < -0.3 is 5.32 Å². The number of rotatable bonds is 3. The Bertz CT molecular complexity index is 425. The largest absolute Gasteiger partial charge is 0.311 e. The molecule has 0 saturated carbocycles. The molecule has 2 unspecified atom stereocenters. The average Bonchev–Trinajstić information content (AvgIpc) is 2.75. The molecule has 0 aliphatic carbocycles. The highest BCUT2D eigenvalue weighted by atomic mass is 32.2. The van der Waals surface area contributed by atoms with Crippen molar-refractivity contribution in [3.05, 3.63) is 22.4 Å². The second-order valence-corrected chi connectivity index (χ2v) is 7.50. The van der Waals surface area contributed by atoms with Crippen molar-refractivity contribution >= 4 is 21.2 Å². The first-order valence-corrected chi connectivity index (χ1v) is 8.17. The summed E-state index contributed by atoms with van der Waals surface area (Å²) in [5.41, 5.74) is 0. The van der Waals surface area contributed by atoms with Crippen molar-refractivity contribution in [2.75, 3.05) is 12.8 Å². The van der Waals surface area contributed by atoms with Gasteiger partial charge in [-0.15, -0.1) is 11.3 Å². The van der Waals surface area contributed by atoms with E-state index in [9.17, 15) is 8.42 Å². The van der Waals surface area contributed by atoms with Gasteiger partial charge in [-0.05, 0) is 31.3 Å². The monoisotopic (exact) mass is 259 g/mol. The van der Waals surface area contributed by atoms with Crippen molar-refractivity contribution in [1.82, 2.24) is 5.32 Å². The van der Waals surface area contributed by atoms with Crippen molar-refractivity contribution in [1.29, 1.82) is 0 Å². The van der Waals surface area contributed by atoms with E-state index in [2.05, 4.69) is 5.32 Å². The molecule has 1 fully saturated rings. The molecular weight excluding hydrogens is 242 g/mol. The summed E-state index contributed by atoms with van der Waals surface area (Å²) in [4.78, 5) is 1.12. The van der Waals surface area contributed by atoms with Crippen LogP contribution in [0.1, 0.15) is 30.2 Å². The Morgan fingerprint density at radius 3 is 2.88 bits per heavy atom. The first-order valence-electron chi connectivity index (χ1n) is 5.57. The van der Waals surface area contributed by atoms with Gasteiger partial charge in [-0.1, -0.05) is 12.5 Å². The molecule has 1 aliphatic rings. The molecule has 0 amide bonds. The van der Waals surface area contributed by atoms with E-state index >= 15 is 0 Å². The third-order valence-electron chi connectivity index (χ3n) is 3.16. The van der Waals surface area contributed by atoms with E-state index in [1.807, 2.05) is 24.6 Å². The molecule has 0 spiro atoms. The van der Waals surface area contributed by atoms with E-state index < -0.39 is 9.84 Å². The molecule has 16 heavy (non-hydrogen) atoms. The topological polar surface area (TPSA) is 46.2 Å². The van der Waals surface area contributed by atoms with E-state index in [1.165, 1.54) is 0 Å². The first kappa shape index (κ1) is 12.1. The smallest absolute Gasteiger partial charge is 0.155 e. The number of hydrogen-bond donors (Lipinski definition) is 1. The number of thiophene rings is 1. The molecule has 1 aromatic rings. The minimum Gasteiger partial charge on any atom is -0.311 e. The lowest BCUT2D eigenvalue weighted by atomic mass is 10.1. The lowest BCUT2D eigenvalue weighted by molar-refractivity contribution is 0.473. The molecule has 1 N–H and O–H groups in total. The Hall–Kier alpha value is -0.390. The molecule has 3 nitrogen and oxygen atoms in total. The minimum atomic E-state index is -2.92. The summed E-state index contributed by atoms with van der Waals surface area (Å²) in [6.45, 7) is 0. The quantitative estimate of drug-likeness (QED) is 0.903. The van der Waals surface area contributed by atoms with Crippen LogP contribution in [0.5, 0.6) is 0 Å². The van der Waals surface area contributed by atoms with Gasteiger partial charge >= 0.3 is 0 Å². The summed E-state index contributed by atoms with van der Waals surface area (Å²) in [6, 6.07) is 3.95. The third-order valence-corrected chi connectivity index (χ3v) is 6.40. The van der Waals surface area contributed by atoms with Gasteiger partial charge in [-0.3, -0.25) is 0 Å². The predicted molar refractivity (Wildman–Crippen MR) is 67.5 cm³/mol. The van der Waals surface area contributed by atoms with E-state index in [0.717, 1.165) is 24.1 Å². The molecule has 0 radical (unpaired) electrons. The molecule has 2 rings (SSSR count). The average molecular weight is 259 g/mol. The molecule has 0 bridgehead atoms. The summed E-state index contributed by atoms with van der Waals surface area (Å²) < 4.78 is 24.1. The molecule has 1 aromatic heterocycles. The molecule has 90 valence electrons. The van der Waals surface area contributed by atoms with Crippen LogP contribution in [0.2, 0.25) is 0 Å². The van der Waals surface area contributed by atoms with Gasteiger partial charge in [0.1, 0.15) is 0 Å². The van der Waals surface area contributed by atoms with Gasteiger partial charge in [0.05, 0.1) is 17.0 Å². The normalized spacial score (nSPS) is 26.4. The van der Waals surface area contributed by atoms with Crippen LogP contribution in [0.4, 0.5) is 0 Å². The fraction of sp³-hybridized carbons (Fsp3) is 0.636. The third kappa shape index (κ3) is 2.31. The molecular formula is C11H17NO2S2. The summed E-state index contributed by atoms with van der Waals surface area (Å²) in [7, 11) is -1.07. The molecule has 0 aromatic carbocycles. The lowest BCUT2D eigenvalue weighted by Crippen LogP contribution is -2.38. The Morgan fingerprint density at radius 1 is 1.50 bits per heavy atom. The molecule has 2 heterocycles. The van der Waals surface area contributed by atoms with Crippen LogP contribution in [0.15, 0.2) is 17.5 Å². The van der Waals surface area contributed by atoms with Crippen molar-refractivity contribution in [2.45, 2.75) is 30.6 Å². The van der Waals surface area contributed by atoms with Gasteiger partial charge in [-0.25, -0.2) is 8.42 Å². The van der Waals surface area contributed by atoms with Crippen LogP contribution in [0, 0.1) is 0 Å². The maximum Gasteiger partial charge on any atom is 0.155 e. The maximum absolute atomic E-state index is 12.0. The second-order valence-electron chi connectivity index (χ2n) is 4.18. The maximum atomic E-state index is 12.0. The van der Waals surface area contributed by atoms with Crippen LogP contribution in [-0.4, -0.2) is 26.5 Å². The van der Waals surface area contributed by atoms with Crippen molar-refractivity contribution in [3.63, 3.8) is 0 Å². The number of hydrogen-bond acceptors (Lipinski definition) is 4. The summed E-state index contributed by atoms with van der Waals surface area (Å²) in [5, 5.41) is 4.91. The highest BCUT2D eigenvalue weighted by Gasteiger charge is 2.35. The zero-order chi connectivity index (χ0) is 11.6. The van der Waals surface area contributed by atoms with E-state index in [0.29, 0.717) is 5.75 Å². The highest BCUT2D eigenvalue weighted by molar-refractivity contribution is 7.92.